The van der Waals surface area contributed by atoms with Crippen LogP contribution in [-0.4, -0.2) is 17.4 Å². The molecular weight excluding hydrogens is 260 g/mol. The summed E-state index contributed by atoms with van der Waals surface area (Å²) in [6.07, 6.45) is 2.93. The van der Waals surface area contributed by atoms with Crippen LogP contribution in [0.4, 0.5) is 0 Å². The summed E-state index contributed by atoms with van der Waals surface area (Å²) >= 11 is 0. The van der Waals surface area contributed by atoms with E-state index in [-0.39, 0.29) is 5.91 Å². The predicted octanol–water partition coefficient (Wildman–Crippen LogP) is 3.24. The molecule has 0 spiro atoms. The van der Waals surface area contributed by atoms with E-state index < -0.39 is 0 Å². The maximum absolute atomic E-state index is 12.4. The van der Waals surface area contributed by atoms with Crippen molar-refractivity contribution in [1.29, 1.82) is 0 Å². The zero-order chi connectivity index (χ0) is 14.2. The molecule has 0 bridgehead atoms. The summed E-state index contributed by atoms with van der Waals surface area (Å²) in [6, 6.07) is 16.2. The average Bonchev–Trinajstić information content (AvgIpc) is 2.96. The van der Waals surface area contributed by atoms with Gasteiger partial charge in [0, 0.05) is 35.1 Å². The van der Waals surface area contributed by atoms with Gasteiger partial charge in [0.15, 0.2) is 0 Å². The van der Waals surface area contributed by atoms with E-state index in [0.29, 0.717) is 12.5 Å². The zero-order valence-corrected chi connectivity index (χ0v) is 11.6. The van der Waals surface area contributed by atoms with Gasteiger partial charge in [0.25, 0.3) is 5.91 Å². The van der Waals surface area contributed by atoms with Crippen molar-refractivity contribution >= 4 is 16.8 Å². The first-order valence-electron chi connectivity index (χ1n) is 7.25. The molecule has 0 aliphatic heterocycles. The maximum Gasteiger partial charge on any atom is 0.251 e. The molecule has 3 aromatic rings. The Labute approximate surface area is 123 Å². The lowest BCUT2D eigenvalue weighted by Gasteiger charge is -2.30. The Kier molecular flexibility index (Phi) is 2.78. The quantitative estimate of drug-likeness (QED) is 0.758. The highest BCUT2D eigenvalue weighted by Gasteiger charge is 2.25. The summed E-state index contributed by atoms with van der Waals surface area (Å²) in [5, 5.41) is 4.05. The van der Waals surface area contributed by atoms with Gasteiger partial charge in [-0.05, 0) is 35.7 Å². The zero-order valence-electron chi connectivity index (χ0n) is 11.6. The standard InChI is InChI=1S/C18H16N2O/c21-18(16-6-3-7-17-15(16)8-9-19-17)20-11-13-10-12-4-1-2-5-14(12)13/h1-9,13,19H,10-11H2,(H,20,21). The van der Waals surface area contributed by atoms with E-state index in [9.17, 15) is 4.79 Å². The normalized spacial score (nSPS) is 16.3. The molecule has 1 heterocycles. The van der Waals surface area contributed by atoms with E-state index >= 15 is 0 Å². The van der Waals surface area contributed by atoms with Crippen LogP contribution in [0.2, 0.25) is 0 Å². The minimum atomic E-state index is 0.00424. The summed E-state index contributed by atoms with van der Waals surface area (Å²) in [5.41, 5.74) is 4.51. The van der Waals surface area contributed by atoms with E-state index in [2.05, 4.69) is 34.6 Å². The Morgan fingerprint density at radius 3 is 2.95 bits per heavy atom. The van der Waals surface area contributed by atoms with Crippen molar-refractivity contribution < 1.29 is 4.79 Å². The number of hydrogen-bond acceptors (Lipinski definition) is 1. The Hall–Kier alpha value is -2.55. The molecule has 0 radical (unpaired) electrons. The molecular formula is C18H16N2O. The number of carbonyl (C=O) groups is 1. The second-order valence-corrected chi connectivity index (χ2v) is 5.55. The summed E-state index contributed by atoms with van der Waals surface area (Å²) in [4.78, 5) is 15.5. The highest BCUT2D eigenvalue weighted by molar-refractivity contribution is 6.06. The topological polar surface area (TPSA) is 44.9 Å². The van der Waals surface area contributed by atoms with Crippen molar-refractivity contribution in [2.45, 2.75) is 12.3 Å². The number of fused-ring (bicyclic) bond motifs is 2. The molecule has 1 unspecified atom stereocenters. The minimum Gasteiger partial charge on any atom is -0.361 e. The first-order chi connectivity index (χ1) is 10.3. The number of H-pyrrole nitrogens is 1. The fourth-order valence-corrected chi connectivity index (χ4v) is 3.14. The SMILES string of the molecule is O=C(NCC1Cc2ccccc21)c1cccc2[nH]ccc12. The van der Waals surface area contributed by atoms with E-state index in [4.69, 9.17) is 0 Å². The Morgan fingerprint density at radius 2 is 2.05 bits per heavy atom. The smallest absolute Gasteiger partial charge is 0.251 e. The third-order valence-corrected chi connectivity index (χ3v) is 4.31. The minimum absolute atomic E-state index is 0.00424. The van der Waals surface area contributed by atoms with E-state index in [1.807, 2.05) is 30.5 Å². The van der Waals surface area contributed by atoms with Gasteiger partial charge in [0.05, 0.1) is 0 Å². The summed E-state index contributed by atoms with van der Waals surface area (Å²) in [5.74, 6) is 0.458. The Bertz CT molecular complexity index is 819. The first kappa shape index (κ1) is 12.2. The first-order valence-corrected chi connectivity index (χ1v) is 7.25. The van der Waals surface area contributed by atoms with Gasteiger partial charge in [0.1, 0.15) is 0 Å². The van der Waals surface area contributed by atoms with Gasteiger partial charge < -0.3 is 10.3 Å². The van der Waals surface area contributed by atoms with Crippen LogP contribution >= 0.6 is 0 Å². The number of aromatic nitrogens is 1. The van der Waals surface area contributed by atoms with Crippen molar-refractivity contribution in [1.82, 2.24) is 10.3 Å². The van der Waals surface area contributed by atoms with Gasteiger partial charge in [-0.15, -0.1) is 0 Å². The summed E-state index contributed by atoms with van der Waals surface area (Å²) in [6.45, 7) is 0.705. The second-order valence-electron chi connectivity index (χ2n) is 5.55. The van der Waals surface area contributed by atoms with E-state index in [0.717, 1.165) is 22.9 Å². The number of hydrogen-bond donors (Lipinski definition) is 2. The maximum atomic E-state index is 12.4. The average molecular weight is 276 g/mol. The molecule has 0 saturated heterocycles. The number of rotatable bonds is 3. The lowest BCUT2D eigenvalue weighted by molar-refractivity contribution is 0.0951. The molecule has 0 fully saturated rings. The molecule has 2 aromatic carbocycles. The number of benzene rings is 2. The summed E-state index contributed by atoms with van der Waals surface area (Å²) < 4.78 is 0. The molecule has 104 valence electrons. The van der Waals surface area contributed by atoms with Gasteiger partial charge in [-0.25, -0.2) is 0 Å². The second kappa shape index (κ2) is 4.77. The van der Waals surface area contributed by atoms with Crippen LogP contribution in [-0.2, 0) is 6.42 Å². The van der Waals surface area contributed by atoms with Gasteiger partial charge in [0.2, 0.25) is 0 Å². The fraction of sp³-hybridized carbons (Fsp3) is 0.167. The molecule has 3 nitrogen and oxygen atoms in total. The van der Waals surface area contributed by atoms with Gasteiger partial charge in [-0.1, -0.05) is 30.3 Å². The molecule has 1 aliphatic rings. The Morgan fingerprint density at radius 1 is 1.14 bits per heavy atom. The lowest BCUT2D eigenvalue weighted by Crippen LogP contribution is -2.33. The van der Waals surface area contributed by atoms with Crippen LogP contribution in [0.5, 0.6) is 0 Å². The van der Waals surface area contributed by atoms with Crippen molar-refractivity contribution in [3.05, 3.63) is 71.4 Å². The molecule has 0 saturated carbocycles. The largest absolute Gasteiger partial charge is 0.361 e. The van der Waals surface area contributed by atoms with Crippen LogP contribution < -0.4 is 5.32 Å². The number of amides is 1. The third kappa shape index (κ3) is 2.02. The highest BCUT2D eigenvalue weighted by Crippen LogP contribution is 2.34. The molecule has 3 heteroatoms. The fourth-order valence-electron chi connectivity index (χ4n) is 3.14. The van der Waals surface area contributed by atoms with Crippen LogP contribution in [0.15, 0.2) is 54.7 Å². The molecule has 1 atom stereocenters. The van der Waals surface area contributed by atoms with E-state index in [1.54, 1.807) is 0 Å². The highest BCUT2D eigenvalue weighted by atomic mass is 16.1. The van der Waals surface area contributed by atoms with Crippen LogP contribution in [0.25, 0.3) is 10.9 Å². The van der Waals surface area contributed by atoms with Gasteiger partial charge in [-0.2, -0.15) is 0 Å². The van der Waals surface area contributed by atoms with Crippen LogP contribution in [0.1, 0.15) is 27.4 Å². The lowest BCUT2D eigenvalue weighted by atomic mass is 9.77. The molecule has 1 amide bonds. The molecule has 4 rings (SSSR count). The predicted molar refractivity (Wildman–Crippen MR) is 83.5 cm³/mol. The van der Waals surface area contributed by atoms with Crippen molar-refractivity contribution in [3.8, 4) is 0 Å². The molecule has 21 heavy (non-hydrogen) atoms. The van der Waals surface area contributed by atoms with Crippen molar-refractivity contribution in [3.63, 3.8) is 0 Å². The van der Waals surface area contributed by atoms with Crippen LogP contribution in [0, 0.1) is 0 Å². The Balaban J connectivity index is 1.49. The molecule has 2 N–H and O–H groups in total. The molecule has 1 aliphatic carbocycles. The van der Waals surface area contributed by atoms with Gasteiger partial charge in [-0.3, -0.25) is 4.79 Å². The van der Waals surface area contributed by atoms with Crippen molar-refractivity contribution in [2.75, 3.05) is 6.54 Å². The number of aromatic amines is 1. The summed E-state index contributed by atoms with van der Waals surface area (Å²) in [7, 11) is 0. The molecule has 1 aromatic heterocycles. The number of nitrogens with one attached hydrogen (secondary N) is 2. The third-order valence-electron chi connectivity index (χ3n) is 4.31. The monoisotopic (exact) mass is 276 g/mol. The van der Waals surface area contributed by atoms with Gasteiger partial charge >= 0.3 is 0 Å². The van der Waals surface area contributed by atoms with E-state index in [1.165, 1.54) is 11.1 Å². The number of carbonyl (C=O) groups excluding carboxylic acids is 1. The van der Waals surface area contributed by atoms with Crippen LogP contribution in [0.3, 0.4) is 0 Å². The van der Waals surface area contributed by atoms with Crippen molar-refractivity contribution in [2.24, 2.45) is 0 Å².